The molecule has 1 amide bonds. The van der Waals surface area contributed by atoms with Gasteiger partial charge in [0.2, 0.25) is 0 Å². The minimum Gasteiger partial charge on any atom is -0.464 e. The lowest BCUT2D eigenvalue weighted by molar-refractivity contribution is -0.145. The first-order valence-corrected chi connectivity index (χ1v) is 6.90. The summed E-state index contributed by atoms with van der Waals surface area (Å²) in [5.74, 6) is -1.21. The van der Waals surface area contributed by atoms with Crippen molar-refractivity contribution in [2.24, 2.45) is 0 Å². The highest BCUT2D eigenvalue weighted by atomic mass is 19.4. The van der Waals surface area contributed by atoms with Crippen LogP contribution in [0.3, 0.4) is 0 Å². The van der Waals surface area contributed by atoms with Crippen molar-refractivity contribution >= 4 is 11.9 Å². The predicted octanol–water partition coefficient (Wildman–Crippen LogP) is 3.17. The molecule has 7 heteroatoms. The van der Waals surface area contributed by atoms with Crippen molar-refractivity contribution in [3.05, 3.63) is 35.4 Å². The molecule has 0 radical (unpaired) electrons. The van der Waals surface area contributed by atoms with E-state index < -0.39 is 29.7 Å². The van der Waals surface area contributed by atoms with Gasteiger partial charge in [-0.1, -0.05) is 13.3 Å². The van der Waals surface area contributed by atoms with Gasteiger partial charge in [0.05, 0.1) is 12.2 Å². The summed E-state index contributed by atoms with van der Waals surface area (Å²) in [6.07, 6.45) is -2.85. The van der Waals surface area contributed by atoms with Gasteiger partial charge in [0, 0.05) is 5.56 Å². The second-order valence-electron chi connectivity index (χ2n) is 4.79. The maximum atomic E-state index is 12.4. The lowest BCUT2D eigenvalue weighted by Gasteiger charge is -2.13. The van der Waals surface area contributed by atoms with Crippen molar-refractivity contribution in [1.82, 2.24) is 5.32 Å². The fourth-order valence-corrected chi connectivity index (χ4v) is 1.59. The van der Waals surface area contributed by atoms with Gasteiger partial charge in [-0.2, -0.15) is 13.2 Å². The van der Waals surface area contributed by atoms with E-state index in [4.69, 9.17) is 4.74 Å². The Hall–Kier alpha value is -2.05. The second kappa shape index (κ2) is 7.82. The van der Waals surface area contributed by atoms with Gasteiger partial charge in [-0.15, -0.1) is 0 Å². The van der Waals surface area contributed by atoms with Crippen molar-refractivity contribution in [3.8, 4) is 0 Å². The molecule has 0 spiro atoms. The Labute approximate surface area is 126 Å². The third-order valence-electron chi connectivity index (χ3n) is 2.92. The molecule has 0 aromatic heterocycles. The summed E-state index contributed by atoms with van der Waals surface area (Å²) in [5.41, 5.74) is -0.794. The van der Waals surface area contributed by atoms with Crippen LogP contribution in [-0.2, 0) is 15.7 Å². The molecule has 0 aliphatic carbocycles. The average Bonchev–Trinajstić information content (AvgIpc) is 2.46. The molecular weight excluding hydrogens is 299 g/mol. The van der Waals surface area contributed by atoms with Gasteiger partial charge in [0.25, 0.3) is 5.91 Å². The molecule has 1 rings (SSSR count). The van der Waals surface area contributed by atoms with E-state index in [1.165, 1.54) is 6.92 Å². The van der Waals surface area contributed by atoms with Gasteiger partial charge < -0.3 is 10.1 Å². The van der Waals surface area contributed by atoms with Crippen LogP contribution >= 0.6 is 0 Å². The Morgan fingerprint density at radius 2 is 1.82 bits per heavy atom. The van der Waals surface area contributed by atoms with Gasteiger partial charge in [0.15, 0.2) is 0 Å². The molecule has 0 bridgehead atoms. The number of rotatable bonds is 6. The number of amides is 1. The molecule has 0 saturated heterocycles. The van der Waals surface area contributed by atoms with Crippen molar-refractivity contribution in [2.45, 2.75) is 38.9 Å². The van der Waals surface area contributed by atoms with Crippen LogP contribution in [0.2, 0.25) is 0 Å². The second-order valence-corrected chi connectivity index (χ2v) is 4.79. The maximum Gasteiger partial charge on any atom is 0.416 e. The number of nitrogens with one attached hydrogen (secondary N) is 1. The van der Waals surface area contributed by atoms with Crippen molar-refractivity contribution in [1.29, 1.82) is 0 Å². The smallest absolute Gasteiger partial charge is 0.416 e. The van der Waals surface area contributed by atoms with E-state index in [2.05, 4.69) is 5.32 Å². The summed E-state index contributed by atoms with van der Waals surface area (Å²) in [6, 6.07) is 2.89. The summed E-state index contributed by atoms with van der Waals surface area (Å²) in [7, 11) is 0. The number of halogens is 3. The fraction of sp³-hybridized carbons (Fsp3) is 0.467. The minimum absolute atomic E-state index is 0.0428. The van der Waals surface area contributed by atoms with Gasteiger partial charge in [-0.3, -0.25) is 4.79 Å². The van der Waals surface area contributed by atoms with Gasteiger partial charge in [0.1, 0.15) is 6.04 Å². The summed E-state index contributed by atoms with van der Waals surface area (Å²) < 4.78 is 42.2. The molecule has 1 aromatic rings. The lowest BCUT2D eigenvalue weighted by atomic mass is 10.1. The summed E-state index contributed by atoms with van der Waals surface area (Å²) >= 11 is 0. The molecule has 0 saturated carbocycles. The van der Waals surface area contributed by atoms with Crippen molar-refractivity contribution < 1.29 is 27.5 Å². The van der Waals surface area contributed by atoms with Crippen LogP contribution in [0.5, 0.6) is 0 Å². The largest absolute Gasteiger partial charge is 0.464 e. The van der Waals surface area contributed by atoms with E-state index in [1.807, 2.05) is 6.92 Å². The van der Waals surface area contributed by atoms with E-state index in [9.17, 15) is 22.8 Å². The van der Waals surface area contributed by atoms with Crippen LogP contribution in [0, 0.1) is 0 Å². The number of esters is 1. The third kappa shape index (κ3) is 5.38. The third-order valence-corrected chi connectivity index (χ3v) is 2.92. The minimum atomic E-state index is -4.45. The number of hydrogen-bond acceptors (Lipinski definition) is 3. The molecule has 4 nitrogen and oxygen atoms in total. The van der Waals surface area contributed by atoms with Crippen LogP contribution in [0.15, 0.2) is 24.3 Å². The van der Waals surface area contributed by atoms with Gasteiger partial charge >= 0.3 is 12.1 Å². The zero-order chi connectivity index (χ0) is 16.8. The first kappa shape index (κ1) is 18.0. The normalized spacial score (nSPS) is 12.6. The molecule has 0 unspecified atom stereocenters. The summed E-state index contributed by atoms with van der Waals surface area (Å²) in [5, 5.41) is 2.39. The zero-order valence-corrected chi connectivity index (χ0v) is 12.4. The highest BCUT2D eigenvalue weighted by molar-refractivity contribution is 5.96. The molecule has 0 aliphatic rings. The number of ether oxygens (including phenoxy) is 1. The number of alkyl halides is 3. The van der Waals surface area contributed by atoms with Crippen LogP contribution < -0.4 is 5.32 Å². The highest BCUT2D eigenvalue weighted by Crippen LogP contribution is 2.29. The molecule has 1 atom stereocenters. The van der Waals surface area contributed by atoms with E-state index in [-0.39, 0.29) is 12.2 Å². The van der Waals surface area contributed by atoms with Crippen LogP contribution in [0.4, 0.5) is 13.2 Å². The molecule has 22 heavy (non-hydrogen) atoms. The number of benzene rings is 1. The fourth-order valence-electron chi connectivity index (χ4n) is 1.59. The number of hydrogen-bond donors (Lipinski definition) is 1. The highest BCUT2D eigenvalue weighted by Gasteiger charge is 2.30. The monoisotopic (exact) mass is 317 g/mol. The van der Waals surface area contributed by atoms with E-state index in [0.29, 0.717) is 0 Å². The first-order chi connectivity index (χ1) is 10.3. The quantitative estimate of drug-likeness (QED) is 0.648. The van der Waals surface area contributed by atoms with E-state index in [1.54, 1.807) is 0 Å². The number of unbranched alkanes of at least 4 members (excludes halogenated alkanes) is 1. The Balaban J connectivity index is 2.59. The predicted molar refractivity (Wildman–Crippen MR) is 74.2 cm³/mol. The Bertz CT molecular complexity index is 512. The van der Waals surface area contributed by atoms with Crippen molar-refractivity contribution in [3.63, 3.8) is 0 Å². The Morgan fingerprint density at radius 3 is 2.32 bits per heavy atom. The maximum absolute atomic E-state index is 12.4. The Kier molecular flexibility index (Phi) is 6.39. The van der Waals surface area contributed by atoms with Gasteiger partial charge in [-0.25, -0.2) is 4.79 Å². The van der Waals surface area contributed by atoms with Crippen molar-refractivity contribution in [2.75, 3.05) is 6.61 Å². The first-order valence-electron chi connectivity index (χ1n) is 6.90. The lowest BCUT2D eigenvalue weighted by Crippen LogP contribution is -2.39. The molecule has 0 fully saturated rings. The van der Waals surface area contributed by atoms with Gasteiger partial charge in [-0.05, 0) is 37.6 Å². The summed E-state index contributed by atoms with van der Waals surface area (Å²) in [6.45, 7) is 3.68. The summed E-state index contributed by atoms with van der Waals surface area (Å²) in [4.78, 5) is 23.4. The van der Waals surface area contributed by atoms with E-state index >= 15 is 0 Å². The molecule has 122 valence electrons. The average molecular weight is 317 g/mol. The van der Waals surface area contributed by atoms with Crippen LogP contribution in [-0.4, -0.2) is 24.5 Å². The van der Waals surface area contributed by atoms with E-state index in [0.717, 1.165) is 37.1 Å². The molecule has 1 N–H and O–H groups in total. The van der Waals surface area contributed by atoms with Crippen LogP contribution in [0.25, 0.3) is 0 Å². The molecule has 0 heterocycles. The Morgan fingerprint density at radius 1 is 1.23 bits per heavy atom. The molecule has 1 aromatic carbocycles. The molecular formula is C15H18F3NO3. The van der Waals surface area contributed by atoms with Crippen LogP contribution in [0.1, 0.15) is 42.6 Å². The molecule has 0 aliphatic heterocycles. The zero-order valence-electron chi connectivity index (χ0n) is 12.4. The topological polar surface area (TPSA) is 55.4 Å². The number of carbonyl (C=O) groups excluding carboxylic acids is 2. The SMILES string of the molecule is CCCCOC(=O)[C@H](C)NC(=O)c1ccc(C(F)(F)F)cc1. The number of carbonyl (C=O) groups is 2. The standard InChI is InChI=1S/C15H18F3NO3/c1-3-4-9-22-14(21)10(2)19-13(20)11-5-7-12(8-6-11)15(16,17)18/h5-8,10H,3-4,9H2,1-2H3,(H,19,20)/t10-/m0/s1.